The number of nitrogens with zero attached hydrogens (tertiary/aromatic N) is 1. The Morgan fingerprint density at radius 2 is 2.40 bits per heavy atom. The van der Waals surface area contributed by atoms with Gasteiger partial charge in [-0.2, -0.15) is 0 Å². The van der Waals surface area contributed by atoms with Gasteiger partial charge in [-0.05, 0) is 25.8 Å². The molecule has 3 heteroatoms. The fourth-order valence-electron chi connectivity index (χ4n) is 1.87. The van der Waals surface area contributed by atoms with Crippen molar-refractivity contribution in [1.29, 1.82) is 0 Å². The highest BCUT2D eigenvalue weighted by molar-refractivity contribution is 5.87. The zero-order chi connectivity index (χ0) is 10.3. The average molecular weight is 205 g/mol. The van der Waals surface area contributed by atoms with Gasteiger partial charge in [-0.25, -0.2) is 0 Å². The van der Waals surface area contributed by atoms with E-state index in [2.05, 4.69) is 33.9 Å². The molecule has 2 aliphatic heterocycles. The molecule has 3 nitrogen and oxygen atoms in total. The maximum atomic E-state index is 4.35. The Kier molecular flexibility index (Phi) is 4.11. The molecule has 0 spiro atoms. The standard InChI is InChI=1S/C12H19N3/c1-3-7-14-11(5-1)9-13-10-12-6-2-4-8-15-12/h1,4-5,8,11,13-14H,2-3,6-7,9-10H2. The third-order valence-corrected chi connectivity index (χ3v) is 2.74. The van der Waals surface area contributed by atoms with Gasteiger partial charge in [0.2, 0.25) is 0 Å². The molecule has 0 aromatic heterocycles. The van der Waals surface area contributed by atoms with E-state index in [0.29, 0.717) is 6.04 Å². The van der Waals surface area contributed by atoms with Crippen molar-refractivity contribution >= 4 is 5.71 Å². The molecule has 0 aromatic carbocycles. The monoisotopic (exact) mass is 205 g/mol. The topological polar surface area (TPSA) is 36.4 Å². The Bertz CT molecular complexity index is 279. The van der Waals surface area contributed by atoms with Crippen LogP contribution in [0.1, 0.15) is 19.3 Å². The lowest BCUT2D eigenvalue weighted by Gasteiger charge is -2.19. The Morgan fingerprint density at radius 1 is 1.40 bits per heavy atom. The summed E-state index contributed by atoms with van der Waals surface area (Å²) in [5.74, 6) is 0. The van der Waals surface area contributed by atoms with Crippen molar-refractivity contribution in [2.24, 2.45) is 4.99 Å². The van der Waals surface area contributed by atoms with Crippen molar-refractivity contribution in [2.45, 2.75) is 25.3 Å². The highest BCUT2D eigenvalue weighted by Crippen LogP contribution is 2.02. The number of hydrogen-bond donors (Lipinski definition) is 2. The van der Waals surface area contributed by atoms with Crippen LogP contribution in [-0.2, 0) is 0 Å². The Labute approximate surface area is 91.4 Å². The first-order valence-electron chi connectivity index (χ1n) is 5.76. The second kappa shape index (κ2) is 5.83. The van der Waals surface area contributed by atoms with E-state index in [-0.39, 0.29) is 0 Å². The summed E-state index contributed by atoms with van der Waals surface area (Å²) < 4.78 is 0. The number of hydrogen-bond acceptors (Lipinski definition) is 3. The summed E-state index contributed by atoms with van der Waals surface area (Å²) in [6, 6.07) is 0.499. The lowest BCUT2D eigenvalue weighted by molar-refractivity contribution is 0.542. The summed E-state index contributed by atoms with van der Waals surface area (Å²) in [4.78, 5) is 4.35. The van der Waals surface area contributed by atoms with Gasteiger partial charge in [0.25, 0.3) is 0 Å². The molecular weight excluding hydrogens is 186 g/mol. The molecule has 0 saturated carbocycles. The molecule has 2 N–H and O–H groups in total. The van der Waals surface area contributed by atoms with Gasteiger partial charge >= 0.3 is 0 Å². The molecule has 2 rings (SSSR count). The van der Waals surface area contributed by atoms with Crippen LogP contribution in [-0.4, -0.2) is 31.4 Å². The maximum absolute atomic E-state index is 4.35. The summed E-state index contributed by atoms with van der Waals surface area (Å²) in [6.45, 7) is 3.03. The summed E-state index contributed by atoms with van der Waals surface area (Å²) in [7, 11) is 0. The first-order valence-corrected chi connectivity index (χ1v) is 5.76. The van der Waals surface area contributed by atoms with E-state index in [1.165, 1.54) is 5.71 Å². The van der Waals surface area contributed by atoms with Crippen LogP contribution in [0.2, 0.25) is 0 Å². The van der Waals surface area contributed by atoms with E-state index in [1.54, 1.807) is 0 Å². The summed E-state index contributed by atoms with van der Waals surface area (Å²) >= 11 is 0. The molecular formula is C12H19N3. The number of nitrogens with one attached hydrogen (secondary N) is 2. The highest BCUT2D eigenvalue weighted by Gasteiger charge is 2.07. The quantitative estimate of drug-likeness (QED) is 0.678. The van der Waals surface area contributed by atoms with Crippen LogP contribution in [0, 0.1) is 0 Å². The minimum absolute atomic E-state index is 0.499. The van der Waals surface area contributed by atoms with Crippen LogP contribution in [0.15, 0.2) is 29.4 Å². The summed E-state index contributed by atoms with van der Waals surface area (Å²) in [5, 5.41) is 6.90. The smallest absolute Gasteiger partial charge is 0.0376 e. The van der Waals surface area contributed by atoms with Crippen molar-refractivity contribution in [3.05, 3.63) is 24.4 Å². The lowest BCUT2D eigenvalue weighted by Crippen LogP contribution is -2.40. The van der Waals surface area contributed by atoms with Crippen molar-refractivity contribution in [2.75, 3.05) is 19.6 Å². The lowest BCUT2D eigenvalue weighted by atomic mass is 10.1. The molecule has 1 atom stereocenters. The van der Waals surface area contributed by atoms with E-state index in [0.717, 1.165) is 38.9 Å². The molecule has 82 valence electrons. The summed E-state index contributed by atoms with van der Waals surface area (Å²) in [6.07, 6.45) is 11.9. The number of rotatable bonds is 4. The third-order valence-electron chi connectivity index (χ3n) is 2.74. The largest absolute Gasteiger partial charge is 0.310 e. The van der Waals surface area contributed by atoms with E-state index >= 15 is 0 Å². The van der Waals surface area contributed by atoms with Crippen LogP contribution in [0.25, 0.3) is 0 Å². The van der Waals surface area contributed by atoms with Crippen molar-refractivity contribution in [3.63, 3.8) is 0 Å². The Hall–Kier alpha value is -0.930. The van der Waals surface area contributed by atoms with E-state index in [4.69, 9.17) is 0 Å². The molecule has 2 heterocycles. The fourth-order valence-corrected chi connectivity index (χ4v) is 1.87. The predicted molar refractivity (Wildman–Crippen MR) is 64.2 cm³/mol. The zero-order valence-electron chi connectivity index (χ0n) is 9.08. The Morgan fingerprint density at radius 3 is 3.13 bits per heavy atom. The molecule has 0 aliphatic carbocycles. The second-order valence-electron chi connectivity index (χ2n) is 4.03. The molecule has 2 aliphatic rings. The average Bonchev–Trinajstić information content (AvgIpc) is 2.32. The van der Waals surface area contributed by atoms with Gasteiger partial charge in [0.05, 0.1) is 0 Å². The fraction of sp³-hybridized carbons (Fsp3) is 0.583. The van der Waals surface area contributed by atoms with E-state index in [1.807, 2.05) is 6.20 Å². The molecule has 15 heavy (non-hydrogen) atoms. The SMILES string of the molecule is C1=CC(CNCC2=NC=CCC2)NCC1. The van der Waals surface area contributed by atoms with Gasteiger partial charge in [-0.1, -0.05) is 18.2 Å². The molecule has 0 fully saturated rings. The zero-order valence-corrected chi connectivity index (χ0v) is 9.08. The summed E-state index contributed by atoms with van der Waals surface area (Å²) in [5.41, 5.74) is 1.28. The predicted octanol–water partition coefficient (Wildman–Crippen LogP) is 1.24. The molecule has 0 saturated heterocycles. The normalized spacial score (nSPS) is 25.3. The first-order chi connectivity index (χ1) is 7.45. The maximum Gasteiger partial charge on any atom is 0.0376 e. The van der Waals surface area contributed by atoms with Gasteiger partial charge in [0, 0.05) is 31.0 Å². The second-order valence-corrected chi connectivity index (χ2v) is 4.03. The molecule has 0 radical (unpaired) electrons. The number of allylic oxidation sites excluding steroid dienone is 1. The third kappa shape index (κ3) is 3.61. The van der Waals surface area contributed by atoms with Gasteiger partial charge in [0.1, 0.15) is 0 Å². The van der Waals surface area contributed by atoms with Crippen LogP contribution in [0.4, 0.5) is 0 Å². The van der Waals surface area contributed by atoms with E-state index in [9.17, 15) is 0 Å². The van der Waals surface area contributed by atoms with Crippen LogP contribution in [0.5, 0.6) is 0 Å². The van der Waals surface area contributed by atoms with Crippen LogP contribution < -0.4 is 10.6 Å². The minimum atomic E-state index is 0.499. The molecule has 1 unspecified atom stereocenters. The number of aliphatic imine (C=N–C) groups is 1. The van der Waals surface area contributed by atoms with Gasteiger partial charge in [-0.15, -0.1) is 0 Å². The van der Waals surface area contributed by atoms with Crippen molar-refractivity contribution in [3.8, 4) is 0 Å². The molecule has 0 amide bonds. The van der Waals surface area contributed by atoms with Gasteiger partial charge < -0.3 is 10.6 Å². The van der Waals surface area contributed by atoms with Crippen molar-refractivity contribution < 1.29 is 0 Å². The van der Waals surface area contributed by atoms with Crippen LogP contribution >= 0.6 is 0 Å². The molecule has 0 aromatic rings. The van der Waals surface area contributed by atoms with Crippen LogP contribution in [0.3, 0.4) is 0 Å². The van der Waals surface area contributed by atoms with Gasteiger partial charge in [-0.3, -0.25) is 4.99 Å². The molecule has 0 bridgehead atoms. The van der Waals surface area contributed by atoms with Gasteiger partial charge in [0.15, 0.2) is 0 Å². The van der Waals surface area contributed by atoms with E-state index < -0.39 is 0 Å². The van der Waals surface area contributed by atoms with Crippen molar-refractivity contribution in [1.82, 2.24) is 10.6 Å². The minimum Gasteiger partial charge on any atom is -0.310 e. The first kappa shape index (κ1) is 10.6. The Balaban J connectivity index is 1.65. The highest BCUT2D eigenvalue weighted by atomic mass is 15.0.